The molecule has 0 radical (unpaired) electrons. The number of ether oxygens (including phenoxy) is 1. The third kappa shape index (κ3) is 10.1. The lowest BCUT2D eigenvalue weighted by molar-refractivity contribution is -0.236. The molecule has 2 aromatic rings. The van der Waals surface area contributed by atoms with Gasteiger partial charge < -0.3 is 20.3 Å². The fraction of sp³-hybridized carbons (Fsp3) is 0.556. The van der Waals surface area contributed by atoms with E-state index in [9.17, 15) is 28.0 Å². The van der Waals surface area contributed by atoms with Gasteiger partial charge in [-0.3, -0.25) is 14.6 Å². The maximum absolute atomic E-state index is 12.9. The number of nitrogens with one attached hydrogen (secondary N) is 2. The summed E-state index contributed by atoms with van der Waals surface area (Å²) in [5.74, 6) is -0.325. The zero-order valence-corrected chi connectivity index (χ0v) is 23.8. The number of alkyl halides is 3. The fourth-order valence-electron chi connectivity index (χ4n) is 3.30. The Hall–Kier alpha value is -3.79. The zero-order chi connectivity index (χ0) is 30.3. The third-order valence-corrected chi connectivity index (χ3v) is 5.35. The molecule has 1 aliphatic carbocycles. The minimum atomic E-state index is -4.56. The van der Waals surface area contributed by atoms with Crippen molar-refractivity contribution in [3.05, 3.63) is 30.4 Å². The van der Waals surface area contributed by atoms with Gasteiger partial charge in [0.05, 0.1) is 43.5 Å². The number of aromatic nitrogens is 3. The van der Waals surface area contributed by atoms with Gasteiger partial charge in [-0.2, -0.15) is 18.4 Å². The number of halogens is 3. The van der Waals surface area contributed by atoms with E-state index in [0.29, 0.717) is 17.1 Å². The molecule has 10 nitrogen and oxygen atoms in total. The molecule has 0 spiro atoms. The molecule has 0 aromatic carbocycles. The minimum absolute atomic E-state index is 0.00738. The number of carbonyl (C=O) groups is 2. The van der Waals surface area contributed by atoms with Crippen molar-refractivity contribution in [2.24, 2.45) is 5.92 Å². The first kappa shape index (κ1) is 34.2. The number of nitrogens with zero attached hydrogens (tertiary/aromatic N) is 5. The van der Waals surface area contributed by atoms with E-state index in [0.717, 1.165) is 17.7 Å². The number of nitriles is 1. The number of pyridine rings is 1. The van der Waals surface area contributed by atoms with E-state index in [1.165, 1.54) is 18.6 Å². The summed E-state index contributed by atoms with van der Waals surface area (Å²) >= 11 is 0. The molecule has 4 rings (SSSR count). The lowest BCUT2D eigenvalue weighted by Crippen LogP contribution is -2.52. The number of carbonyl (C=O) groups excluding carboxylic acids is 2. The van der Waals surface area contributed by atoms with Crippen molar-refractivity contribution in [1.29, 1.82) is 5.26 Å². The van der Waals surface area contributed by atoms with Crippen LogP contribution in [0.15, 0.2) is 24.7 Å². The Balaban J connectivity index is 0.00000125. The molecule has 2 fully saturated rings. The van der Waals surface area contributed by atoms with E-state index in [4.69, 9.17) is 4.74 Å². The fourth-order valence-corrected chi connectivity index (χ4v) is 3.30. The SMILES string of the molecule is CC.CC.CC.N#Cc1ncc(-c2cnc(NC(=O)C3CC3)cn2)cc1NCC(=O)N1CCOC(C(F)(F)F)C1. The van der Waals surface area contributed by atoms with Crippen LogP contribution in [0.25, 0.3) is 11.3 Å². The van der Waals surface area contributed by atoms with E-state index in [1.807, 2.05) is 47.6 Å². The summed E-state index contributed by atoms with van der Waals surface area (Å²) in [7, 11) is 0. The molecule has 2 aromatic heterocycles. The van der Waals surface area contributed by atoms with Gasteiger partial charge in [0.15, 0.2) is 17.6 Å². The maximum Gasteiger partial charge on any atom is 0.416 e. The normalized spacial score (nSPS) is 15.9. The van der Waals surface area contributed by atoms with Crippen LogP contribution in [-0.2, 0) is 14.3 Å². The molecule has 1 unspecified atom stereocenters. The van der Waals surface area contributed by atoms with Gasteiger partial charge in [-0.25, -0.2) is 9.97 Å². The molecule has 1 saturated heterocycles. The highest BCUT2D eigenvalue weighted by Gasteiger charge is 2.44. The third-order valence-electron chi connectivity index (χ3n) is 5.35. The summed E-state index contributed by atoms with van der Waals surface area (Å²) in [6.07, 6.45) is -0.613. The second kappa shape index (κ2) is 17.0. The first-order valence-electron chi connectivity index (χ1n) is 13.5. The highest BCUT2D eigenvalue weighted by atomic mass is 19.4. The number of hydrogen-bond acceptors (Lipinski definition) is 8. The Bertz CT molecular complexity index is 1120. The lowest BCUT2D eigenvalue weighted by Gasteiger charge is -2.33. The van der Waals surface area contributed by atoms with Crippen molar-refractivity contribution in [1.82, 2.24) is 19.9 Å². The average molecular weight is 566 g/mol. The summed E-state index contributed by atoms with van der Waals surface area (Å²) in [5, 5.41) is 14.8. The zero-order valence-electron chi connectivity index (χ0n) is 23.8. The summed E-state index contributed by atoms with van der Waals surface area (Å²) < 4.78 is 43.4. The number of hydrogen-bond donors (Lipinski definition) is 2. The molecule has 0 bridgehead atoms. The number of anilines is 2. The molecular weight excluding hydrogens is 527 g/mol. The minimum Gasteiger partial charge on any atom is -0.374 e. The number of amides is 2. The number of rotatable bonds is 6. The van der Waals surface area contributed by atoms with E-state index in [-0.39, 0.29) is 42.9 Å². The largest absolute Gasteiger partial charge is 0.416 e. The first-order valence-corrected chi connectivity index (χ1v) is 13.5. The van der Waals surface area contributed by atoms with Crippen LogP contribution in [-0.4, -0.2) is 70.2 Å². The molecule has 1 saturated carbocycles. The first-order chi connectivity index (χ1) is 19.2. The van der Waals surface area contributed by atoms with E-state index < -0.39 is 24.7 Å². The molecular formula is C27H38F3N7O3. The Morgan fingerprint density at radius 3 is 2.30 bits per heavy atom. The van der Waals surface area contributed by atoms with Crippen LogP contribution < -0.4 is 10.6 Å². The summed E-state index contributed by atoms with van der Waals surface area (Å²) in [6, 6.07) is 3.45. The van der Waals surface area contributed by atoms with Gasteiger partial charge in [0.1, 0.15) is 6.07 Å². The smallest absolute Gasteiger partial charge is 0.374 e. The van der Waals surface area contributed by atoms with Crippen molar-refractivity contribution >= 4 is 23.3 Å². The monoisotopic (exact) mass is 565 g/mol. The lowest BCUT2D eigenvalue weighted by atomic mass is 10.1. The molecule has 1 atom stereocenters. The molecule has 3 heterocycles. The van der Waals surface area contributed by atoms with Crippen molar-refractivity contribution in [2.45, 2.75) is 66.7 Å². The topological polar surface area (TPSA) is 133 Å². The van der Waals surface area contributed by atoms with Gasteiger partial charge in [0, 0.05) is 24.2 Å². The predicted octanol–water partition coefficient (Wildman–Crippen LogP) is 5.04. The standard InChI is InChI=1S/C21H20F3N7O3.3C2H6/c22-21(23,24)17-11-31(3-4-34-17)19(32)10-28-14-5-13(7-26-15(14)6-25)16-8-29-18(9-27-16)30-20(33)12-1-2-12;3*1-2/h5,7-9,12,17,28H,1-4,10-11H2,(H,29,30,33);3*1-2H3. The molecule has 1 aliphatic heterocycles. The van der Waals surface area contributed by atoms with Crippen LogP contribution in [0.3, 0.4) is 0 Å². The summed E-state index contributed by atoms with van der Waals surface area (Å²) in [4.78, 5) is 37.8. The van der Waals surface area contributed by atoms with Crippen molar-refractivity contribution in [3.63, 3.8) is 0 Å². The van der Waals surface area contributed by atoms with Gasteiger partial charge in [-0.05, 0) is 18.9 Å². The van der Waals surface area contributed by atoms with Gasteiger partial charge in [-0.15, -0.1) is 0 Å². The van der Waals surface area contributed by atoms with Crippen LogP contribution in [0.4, 0.5) is 24.7 Å². The van der Waals surface area contributed by atoms with Crippen LogP contribution in [0, 0.1) is 17.2 Å². The van der Waals surface area contributed by atoms with Gasteiger partial charge in [-0.1, -0.05) is 41.5 Å². The molecule has 13 heteroatoms. The Kier molecular flexibility index (Phi) is 14.6. The predicted molar refractivity (Wildman–Crippen MR) is 146 cm³/mol. The summed E-state index contributed by atoms with van der Waals surface area (Å²) in [6.45, 7) is 10.9. The van der Waals surface area contributed by atoms with Crippen molar-refractivity contribution < 1.29 is 27.5 Å². The molecule has 2 aliphatic rings. The van der Waals surface area contributed by atoms with E-state index in [1.54, 1.807) is 6.07 Å². The van der Waals surface area contributed by atoms with Crippen LogP contribution in [0.2, 0.25) is 0 Å². The average Bonchev–Trinajstić information content (AvgIpc) is 3.85. The van der Waals surface area contributed by atoms with Crippen LogP contribution in [0.1, 0.15) is 60.1 Å². The van der Waals surface area contributed by atoms with Crippen LogP contribution in [0.5, 0.6) is 0 Å². The Labute approximate surface area is 233 Å². The molecule has 2 amide bonds. The maximum atomic E-state index is 12.9. The second-order valence-electron chi connectivity index (χ2n) is 7.88. The van der Waals surface area contributed by atoms with Gasteiger partial charge >= 0.3 is 6.18 Å². The van der Waals surface area contributed by atoms with Gasteiger partial charge in [0.25, 0.3) is 0 Å². The number of morpholine rings is 1. The second-order valence-corrected chi connectivity index (χ2v) is 7.88. The molecule has 40 heavy (non-hydrogen) atoms. The highest BCUT2D eigenvalue weighted by Crippen LogP contribution is 2.30. The Morgan fingerprint density at radius 1 is 1.07 bits per heavy atom. The van der Waals surface area contributed by atoms with E-state index in [2.05, 4.69) is 25.6 Å². The molecule has 220 valence electrons. The Morgan fingerprint density at radius 2 is 1.75 bits per heavy atom. The van der Waals surface area contributed by atoms with Crippen molar-refractivity contribution in [2.75, 3.05) is 36.9 Å². The van der Waals surface area contributed by atoms with E-state index >= 15 is 0 Å². The summed E-state index contributed by atoms with van der Waals surface area (Å²) in [5.41, 5.74) is 1.14. The highest BCUT2D eigenvalue weighted by molar-refractivity contribution is 5.93. The van der Waals surface area contributed by atoms with Crippen molar-refractivity contribution in [3.8, 4) is 17.3 Å². The van der Waals surface area contributed by atoms with Gasteiger partial charge in [0.2, 0.25) is 11.8 Å². The van der Waals surface area contributed by atoms with Crippen LogP contribution >= 0.6 is 0 Å². The quantitative estimate of drug-likeness (QED) is 0.498. The molecule has 2 N–H and O–H groups in total.